The molecule has 5 N–H and O–H groups in total. The standard InChI is InChI=1S/C23H27N7O4/c1-23(2)8-13-6-16(28-22(32)14-9-27-30-5-3-4-26-21(14)30)18(7-17(13)34-23)33-19-11-29(10-15(19)24)12-20(25)31/h3-7,9,15,19H,8,10-12,24H2,1-2H3,(H2,25,31)(H,28,32). The first-order valence-electron chi connectivity index (χ1n) is 11.1. The summed E-state index contributed by atoms with van der Waals surface area (Å²) in [4.78, 5) is 30.6. The Morgan fingerprint density at radius 2 is 2.15 bits per heavy atom. The molecule has 5 rings (SSSR count). The van der Waals surface area contributed by atoms with Crippen LogP contribution in [0.4, 0.5) is 5.69 Å². The Labute approximate surface area is 196 Å². The number of carbonyl (C=O) groups excluding carboxylic acids is 2. The number of hydrogen-bond donors (Lipinski definition) is 3. The van der Waals surface area contributed by atoms with Crippen molar-refractivity contribution in [2.24, 2.45) is 11.5 Å². The average Bonchev–Trinajstić information content (AvgIpc) is 3.41. The van der Waals surface area contributed by atoms with Crippen molar-refractivity contribution in [2.75, 3.05) is 25.0 Å². The van der Waals surface area contributed by atoms with Gasteiger partial charge in [0.05, 0.1) is 24.5 Å². The second-order valence-electron chi connectivity index (χ2n) is 9.38. The minimum Gasteiger partial charge on any atom is -0.487 e. The van der Waals surface area contributed by atoms with Crippen LogP contribution in [-0.4, -0.2) is 68.7 Å². The van der Waals surface area contributed by atoms with E-state index in [2.05, 4.69) is 15.4 Å². The van der Waals surface area contributed by atoms with E-state index in [0.29, 0.717) is 47.9 Å². The maximum Gasteiger partial charge on any atom is 0.261 e. The van der Waals surface area contributed by atoms with Crippen molar-refractivity contribution < 1.29 is 19.1 Å². The van der Waals surface area contributed by atoms with E-state index in [9.17, 15) is 9.59 Å². The molecule has 34 heavy (non-hydrogen) atoms. The number of benzene rings is 1. The number of anilines is 1. The van der Waals surface area contributed by atoms with Crippen LogP contribution in [0.3, 0.4) is 0 Å². The van der Waals surface area contributed by atoms with E-state index >= 15 is 0 Å². The van der Waals surface area contributed by atoms with Crippen molar-refractivity contribution in [3.63, 3.8) is 0 Å². The fraction of sp³-hybridized carbons (Fsp3) is 0.391. The molecule has 2 amide bonds. The van der Waals surface area contributed by atoms with Crippen molar-refractivity contribution in [3.8, 4) is 11.5 Å². The van der Waals surface area contributed by atoms with Gasteiger partial charge in [-0.1, -0.05) is 0 Å². The van der Waals surface area contributed by atoms with E-state index in [1.807, 2.05) is 24.8 Å². The van der Waals surface area contributed by atoms with E-state index in [4.69, 9.17) is 20.9 Å². The number of hydrogen-bond acceptors (Lipinski definition) is 8. The van der Waals surface area contributed by atoms with Gasteiger partial charge in [-0.25, -0.2) is 9.50 Å². The molecule has 0 spiro atoms. The molecule has 178 valence electrons. The number of likely N-dealkylation sites (tertiary alicyclic amines) is 1. The summed E-state index contributed by atoms with van der Waals surface area (Å²) in [5.74, 6) is 0.366. The average molecular weight is 466 g/mol. The number of nitrogens with two attached hydrogens (primary N) is 2. The van der Waals surface area contributed by atoms with Crippen molar-refractivity contribution in [2.45, 2.75) is 38.0 Å². The predicted molar refractivity (Wildman–Crippen MR) is 124 cm³/mol. The fourth-order valence-electron chi connectivity index (χ4n) is 4.52. The van der Waals surface area contributed by atoms with Gasteiger partial charge in [0.1, 0.15) is 28.8 Å². The van der Waals surface area contributed by atoms with Gasteiger partial charge in [-0.15, -0.1) is 0 Å². The summed E-state index contributed by atoms with van der Waals surface area (Å²) < 4.78 is 13.9. The molecular weight excluding hydrogens is 438 g/mol. The summed E-state index contributed by atoms with van der Waals surface area (Å²) in [6.45, 7) is 5.05. The van der Waals surface area contributed by atoms with Crippen molar-refractivity contribution >= 4 is 23.1 Å². The molecule has 0 radical (unpaired) electrons. The van der Waals surface area contributed by atoms with Crippen LogP contribution in [0.5, 0.6) is 11.5 Å². The zero-order chi connectivity index (χ0) is 24.0. The summed E-state index contributed by atoms with van der Waals surface area (Å²) >= 11 is 0. The first kappa shape index (κ1) is 22.1. The third kappa shape index (κ3) is 4.27. The minimum atomic E-state index is -0.420. The van der Waals surface area contributed by atoms with Gasteiger partial charge in [-0.2, -0.15) is 5.10 Å². The number of amides is 2. The molecule has 3 aromatic rings. The molecule has 4 heterocycles. The second kappa shape index (κ2) is 8.26. The highest BCUT2D eigenvalue weighted by molar-refractivity contribution is 6.08. The van der Waals surface area contributed by atoms with Crippen molar-refractivity contribution in [1.82, 2.24) is 19.5 Å². The Balaban J connectivity index is 1.44. The topological polar surface area (TPSA) is 150 Å². The van der Waals surface area contributed by atoms with Crippen LogP contribution < -0.4 is 26.3 Å². The Morgan fingerprint density at radius 1 is 1.32 bits per heavy atom. The minimum absolute atomic E-state index is 0.111. The largest absolute Gasteiger partial charge is 0.487 e. The van der Waals surface area contributed by atoms with Crippen LogP contribution in [0.2, 0.25) is 0 Å². The first-order valence-corrected chi connectivity index (χ1v) is 11.1. The number of fused-ring (bicyclic) bond motifs is 2. The highest BCUT2D eigenvalue weighted by atomic mass is 16.5. The lowest BCUT2D eigenvalue weighted by Gasteiger charge is -2.21. The molecule has 1 fully saturated rings. The molecule has 0 bridgehead atoms. The summed E-state index contributed by atoms with van der Waals surface area (Å²) in [6, 6.07) is 5.08. The molecular formula is C23H27N7O4. The number of rotatable bonds is 6. The summed E-state index contributed by atoms with van der Waals surface area (Å²) in [6.07, 6.45) is 5.12. The summed E-state index contributed by atoms with van der Waals surface area (Å²) in [5, 5.41) is 7.14. The molecule has 2 unspecified atom stereocenters. The van der Waals surface area contributed by atoms with Gasteiger partial charge in [0.2, 0.25) is 5.91 Å². The zero-order valence-electron chi connectivity index (χ0n) is 19.0. The number of nitrogens with one attached hydrogen (secondary N) is 1. The predicted octanol–water partition coefficient (Wildman–Crippen LogP) is 0.571. The molecule has 2 aliphatic heterocycles. The van der Waals surface area contributed by atoms with Gasteiger partial charge in [0, 0.05) is 43.5 Å². The van der Waals surface area contributed by atoms with Gasteiger partial charge < -0.3 is 26.3 Å². The van der Waals surface area contributed by atoms with Gasteiger partial charge in [-0.05, 0) is 26.0 Å². The van der Waals surface area contributed by atoms with Crippen LogP contribution in [-0.2, 0) is 11.2 Å². The number of primary amides is 1. The third-order valence-electron chi connectivity index (χ3n) is 5.98. The number of aromatic nitrogens is 3. The summed E-state index contributed by atoms with van der Waals surface area (Å²) in [7, 11) is 0. The molecule has 2 aromatic heterocycles. The highest BCUT2D eigenvalue weighted by Gasteiger charge is 2.35. The van der Waals surface area contributed by atoms with Crippen LogP contribution in [0.25, 0.3) is 5.65 Å². The van der Waals surface area contributed by atoms with E-state index < -0.39 is 5.91 Å². The Morgan fingerprint density at radius 3 is 2.94 bits per heavy atom. The van der Waals surface area contributed by atoms with Gasteiger partial charge in [0.15, 0.2) is 5.65 Å². The first-order chi connectivity index (χ1) is 16.2. The fourth-order valence-corrected chi connectivity index (χ4v) is 4.52. The Kier molecular flexibility index (Phi) is 5.37. The van der Waals surface area contributed by atoms with Crippen LogP contribution in [0.1, 0.15) is 29.8 Å². The molecule has 1 saturated heterocycles. The van der Waals surface area contributed by atoms with E-state index in [0.717, 1.165) is 5.56 Å². The second-order valence-corrected chi connectivity index (χ2v) is 9.38. The third-order valence-corrected chi connectivity index (χ3v) is 5.98. The molecule has 11 heteroatoms. The number of nitrogens with zero attached hydrogens (tertiary/aromatic N) is 4. The van der Waals surface area contributed by atoms with E-state index in [1.54, 1.807) is 24.5 Å². The lowest BCUT2D eigenvalue weighted by Crippen LogP contribution is -2.37. The SMILES string of the molecule is CC1(C)Cc2cc(NC(=O)c3cnn4cccnc34)c(OC3CN(CC(N)=O)CC3N)cc2O1. The smallest absolute Gasteiger partial charge is 0.261 e. The molecule has 1 aromatic carbocycles. The van der Waals surface area contributed by atoms with Gasteiger partial charge in [0.25, 0.3) is 5.91 Å². The van der Waals surface area contributed by atoms with Crippen LogP contribution in [0, 0.1) is 0 Å². The van der Waals surface area contributed by atoms with E-state index in [1.165, 1.54) is 10.7 Å². The quantitative estimate of drug-likeness (QED) is 0.478. The zero-order valence-corrected chi connectivity index (χ0v) is 19.0. The normalized spacial score (nSPS) is 21.3. The molecule has 2 atom stereocenters. The molecule has 2 aliphatic rings. The maximum absolute atomic E-state index is 13.2. The maximum atomic E-state index is 13.2. The Hall–Kier alpha value is -3.70. The lowest BCUT2D eigenvalue weighted by atomic mass is 10.0. The number of carbonyl (C=O) groups is 2. The van der Waals surface area contributed by atoms with Gasteiger partial charge in [-0.3, -0.25) is 14.5 Å². The number of ether oxygens (including phenoxy) is 2. The molecule has 0 saturated carbocycles. The lowest BCUT2D eigenvalue weighted by molar-refractivity contribution is -0.118. The molecule has 11 nitrogen and oxygen atoms in total. The highest BCUT2D eigenvalue weighted by Crippen LogP contribution is 2.42. The van der Waals surface area contributed by atoms with Crippen molar-refractivity contribution in [1.29, 1.82) is 0 Å². The van der Waals surface area contributed by atoms with Crippen LogP contribution >= 0.6 is 0 Å². The summed E-state index contributed by atoms with van der Waals surface area (Å²) in [5.41, 5.74) is 13.5. The van der Waals surface area contributed by atoms with Gasteiger partial charge >= 0.3 is 0 Å². The molecule has 0 aliphatic carbocycles. The van der Waals surface area contributed by atoms with Crippen molar-refractivity contribution in [3.05, 3.63) is 47.9 Å². The monoisotopic (exact) mass is 465 g/mol. The van der Waals surface area contributed by atoms with E-state index in [-0.39, 0.29) is 30.2 Å². The van der Waals surface area contributed by atoms with Crippen LogP contribution in [0.15, 0.2) is 36.8 Å². The Bertz CT molecular complexity index is 1270.